The van der Waals surface area contributed by atoms with Gasteiger partial charge in [0.25, 0.3) is 5.91 Å². The first-order chi connectivity index (χ1) is 12.5. The van der Waals surface area contributed by atoms with E-state index in [9.17, 15) is 9.18 Å². The number of pyridine rings is 1. The normalized spacial score (nSPS) is 10.5. The highest BCUT2D eigenvalue weighted by molar-refractivity contribution is 6.31. The third-order valence-corrected chi connectivity index (χ3v) is 4.24. The molecule has 0 saturated heterocycles. The first kappa shape index (κ1) is 17.9. The molecule has 0 radical (unpaired) electrons. The zero-order chi connectivity index (χ0) is 18.7. The van der Waals surface area contributed by atoms with Gasteiger partial charge in [0.2, 0.25) is 0 Å². The van der Waals surface area contributed by atoms with Crippen LogP contribution in [0.4, 0.5) is 21.6 Å². The molecule has 0 atom stereocenters. The van der Waals surface area contributed by atoms with Crippen molar-refractivity contribution in [2.75, 3.05) is 10.6 Å². The van der Waals surface area contributed by atoms with Crippen LogP contribution in [0.1, 0.15) is 21.5 Å². The van der Waals surface area contributed by atoms with Gasteiger partial charge in [-0.1, -0.05) is 29.8 Å². The van der Waals surface area contributed by atoms with Crippen molar-refractivity contribution in [3.63, 3.8) is 0 Å². The summed E-state index contributed by atoms with van der Waals surface area (Å²) in [7, 11) is 0. The van der Waals surface area contributed by atoms with E-state index in [1.807, 2.05) is 32.0 Å². The lowest BCUT2D eigenvalue weighted by Crippen LogP contribution is -2.16. The molecular formula is C20H17ClFN3O. The van der Waals surface area contributed by atoms with E-state index in [1.54, 1.807) is 18.3 Å². The lowest BCUT2D eigenvalue weighted by atomic mass is 10.1. The van der Waals surface area contributed by atoms with Crippen LogP contribution in [0.25, 0.3) is 0 Å². The second kappa shape index (κ2) is 7.54. The van der Waals surface area contributed by atoms with Gasteiger partial charge in [0, 0.05) is 17.6 Å². The second-order valence-electron chi connectivity index (χ2n) is 5.87. The highest BCUT2D eigenvalue weighted by atomic mass is 35.5. The summed E-state index contributed by atoms with van der Waals surface area (Å²) in [5.74, 6) is -0.434. The van der Waals surface area contributed by atoms with E-state index in [4.69, 9.17) is 11.6 Å². The van der Waals surface area contributed by atoms with Gasteiger partial charge in [-0.05, 0) is 55.3 Å². The maximum atomic E-state index is 13.3. The number of halogens is 2. The van der Waals surface area contributed by atoms with E-state index in [0.717, 1.165) is 16.8 Å². The van der Waals surface area contributed by atoms with Crippen molar-refractivity contribution < 1.29 is 9.18 Å². The molecule has 0 aliphatic rings. The topological polar surface area (TPSA) is 54.0 Å². The number of amides is 1. The smallest absolute Gasteiger partial charge is 0.259 e. The fourth-order valence-corrected chi connectivity index (χ4v) is 2.77. The predicted molar refractivity (Wildman–Crippen MR) is 103 cm³/mol. The molecule has 1 heterocycles. The SMILES string of the molecule is Cc1cccc(C)c1NC(=O)c1cccnc1Nc1ccc(F)c(Cl)c1. The van der Waals surface area contributed by atoms with Gasteiger partial charge in [-0.15, -0.1) is 0 Å². The number of nitrogens with one attached hydrogen (secondary N) is 2. The van der Waals surface area contributed by atoms with Crippen LogP contribution >= 0.6 is 11.6 Å². The Hall–Kier alpha value is -2.92. The van der Waals surface area contributed by atoms with E-state index >= 15 is 0 Å². The zero-order valence-electron chi connectivity index (χ0n) is 14.3. The Morgan fingerprint density at radius 1 is 1.08 bits per heavy atom. The van der Waals surface area contributed by atoms with Crippen molar-refractivity contribution in [1.82, 2.24) is 4.98 Å². The van der Waals surface area contributed by atoms with Crippen molar-refractivity contribution in [2.45, 2.75) is 13.8 Å². The predicted octanol–water partition coefficient (Wildman–Crippen LogP) is 5.49. The van der Waals surface area contributed by atoms with Gasteiger partial charge in [-0.3, -0.25) is 4.79 Å². The minimum Gasteiger partial charge on any atom is -0.340 e. The average Bonchev–Trinajstić information content (AvgIpc) is 2.62. The first-order valence-electron chi connectivity index (χ1n) is 8.00. The van der Waals surface area contributed by atoms with E-state index in [1.165, 1.54) is 18.2 Å². The summed E-state index contributed by atoms with van der Waals surface area (Å²) < 4.78 is 13.3. The summed E-state index contributed by atoms with van der Waals surface area (Å²) >= 11 is 5.81. The Balaban J connectivity index is 1.89. The lowest BCUT2D eigenvalue weighted by Gasteiger charge is -2.14. The van der Waals surface area contributed by atoms with Gasteiger partial charge in [-0.25, -0.2) is 9.37 Å². The van der Waals surface area contributed by atoms with Crippen LogP contribution in [0.15, 0.2) is 54.7 Å². The minimum atomic E-state index is -0.508. The molecule has 0 bridgehead atoms. The minimum absolute atomic E-state index is 0.00697. The highest BCUT2D eigenvalue weighted by Gasteiger charge is 2.15. The fourth-order valence-electron chi connectivity index (χ4n) is 2.59. The number of aryl methyl sites for hydroxylation is 2. The highest BCUT2D eigenvalue weighted by Crippen LogP contribution is 2.25. The molecular weight excluding hydrogens is 353 g/mol. The molecule has 2 aromatic carbocycles. The van der Waals surface area contributed by atoms with Gasteiger partial charge >= 0.3 is 0 Å². The number of carbonyl (C=O) groups is 1. The van der Waals surface area contributed by atoms with Crippen LogP contribution in [0.3, 0.4) is 0 Å². The molecule has 3 aromatic rings. The van der Waals surface area contributed by atoms with Crippen molar-refractivity contribution in [3.05, 3.63) is 82.3 Å². The number of aromatic nitrogens is 1. The van der Waals surface area contributed by atoms with Crippen LogP contribution < -0.4 is 10.6 Å². The van der Waals surface area contributed by atoms with Crippen molar-refractivity contribution >= 4 is 34.7 Å². The monoisotopic (exact) mass is 369 g/mol. The van der Waals surface area contributed by atoms with Crippen LogP contribution in [-0.2, 0) is 0 Å². The van der Waals surface area contributed by atoms with Crippen molar-refractivity contribution in [2.24, 2.45) is 0 Å². The number of benzene rings is 2. The van der Waals surface area contributed by atoms with Crippen LogP contribution in [0, 0.1) is 19.7 Å². The number of carbonyl (C=O) groups excluding carboxylic acids is 1. The van der Waals surface area contributed by atoms with E-state index in [2.05, 4.69) is 15.6 Å². The summed E-state index contributed by atoms with van der Waals surface area (Å²) in [6, 6.07) is 13.4. The number of anilines is 3. The number of hydrogen-bond donors (Lipinski definition) is 2. The second-order valence-corrected chi connectivity index (χ2v) is 6.28. The van der Waals surface area contributed by atoms with Gasteiger partial charge in [0.05, 0.1) is 10.6 Å². The zero-order valence-corrected chi connectivity index (χ0v) is 15.1. The summed E-state index contributed by atoms with van der Waals surface area (Å²) in [5, 5.41) is 5.94. The molecule has 0 unspecified atom stereocenters. The van der Waals surface area contributed by atoms with E-state index in [0.29, 0.717) is 17.1 Å². The molecule has 4 nitrogen and oxygen atoms in total. The fraction of sp³-hybridized carbons (Fsp3) is 0.100. The summed E-state index contributed by atoms with van der Waals surface area (Å²) in [6.45, 7) is 3.87. The number of hydrogen-bond acceptors (Lipinski definition) is 3. The Kier molecular flexibility index (Phi) is 5.19. The molecule has 6 heteroatoms. The molecule has 0 aliphatic carbocycles. The Morgan fingerprint density at radius 2 is 1.81 bits per heavy atom. The molecule has 2 N–H and O–H groups in total. The van der Waals surface area contributed by atoms with Gasteiger partial charge in [0.1, 0.15) is 11.6 Å². The molecule has 132 valence electrons. The summed E-state index contributed by atoms with van der Waals surface area (Å²) in [6.07, 6.45) is 1.57. The molecule has 0 saturated carbocycles. The molecule has 0 spiro atoms. The molecule has 26 heavy (non-hydrogen) atoms. The summed E-state index contributed by atoms with van der Waals surface area (Å²) in [5.41, 5.74) is 3.63. The third-order valence-electron chi connectivity index (χ3n) is 3.95. The molecule has 0 fully saturated rings. The van der Waals surface area contributed by atoms with Crippen molar-refractivity contribution in [3.8, 4) is 0 Å². The van der Waals surface area contributed by atoms with Crippen molar-refractivity contribution in [1.29, 1.82) is 0 Å². The van der Waals surface area contributed by atoms with Crippen LogP contribution in [0.5, 0.6) is 0 Å². The third kappa shape index (κ3) is 3.83. The number of nitrogens with zero attached hydrogens (tertiary/aromatic N) is 1. The van der Waals surface area contributed by atoms with E-state index < -0.39 is 5.82 Å². The largest absolute Gasteiger partial charge is 0.340 e. The number of rotatable bonds is 4. The lowest BCUT2D eigenvalue weighted by molar-refractivity contribution is 0.102. The Bertz CT molecular complexity index is 955. The maximum Gasteiger partial charge on any atom is 0.259 e. The first-order valence-corrected chi connectivity index (χ1v) is 8.38. The standard InChI is InChI=1S/C20H17ClFN3O/c1-12-5-3-6-13(2)18(12)25-20(26)15-7-4-10-23-19(15)24-14-8-9-17(22)16(21)11-14/h3-11H,1-2H3,(H,23,24)(H,25,26). The average molecular weight is 370 g/mol. The Morgan fingerprint density at radius 3 is 2.50 bits per heavy atom. The Labute approximate surface area is 156 Å². The summed E-state index contributed by atoms with van der Waals surface area (Å²) in [4.78, 5) is 17.0. The van der Waals surface area contributed by atoms with Crippen LogP contribution in [0.2, 0.25) is 5.02 Å². The molecule has 0 aliphatic heterocycles. The van der Waals surface area contributed by atoms with Gasteiger partial charge in [-0.2, -0.15) is 0 Å². The molecule has 1 amide bonds. The molecule has 3 rings (SSSR count). The number of para-hydroxylation sites is 1. The van der Waals surface area contributed by atoms with Gasteiger partial charge < -0.3 is 10.6 Å². The van der Waals surface area contributed by atoms with Crippen LogP contribution in [-0.4, -0.2) is 10.9 Å². The van der Waals surface area contributed by atoms with Gasteiger partial charge in [0.15, 0.2) is 0 Å². The van der Waals surface area contributed by atoms with E-state index in [-0.39, 0.29) is 10.9 Å². The quantitative estimate of drug-likeness (QED) is 0.639. The maximum absolute atomic E-state index is 13.3. The molecule has 1 aromatic heterocycles.